The fraction of sp³-hybridized carbons (Fsp3) is 0.208. The molecule has 3 aromatic carbocycles. The number of fused-ring (bicyclic) bond motifs is 1. The van der Waals surface area contributed by atoms with Gasteiger partial charge in [-0.3, -0.25) is 4.79 Å². The average Bonchev–Trinajstić information content (AvgIpc) is 2.75. The van der Waals surface area contributed by atoms with Gasteiger partial charge in [0.15, 0.2) is 0 Å². The van der Waals surface area contributed by atoms with E-state index in [0.29, 0.717) is 18.7 Å². The van der Waals surface area contributed by atoms with Crippen molar-refractivity contribution in [1.29, 1.82) is 0 Å². The molecular weight excluding hydrogens is 348 g/mol. The SMILES string of the molecule is CCCOc1ccccc1[C@@H]1Nc2ccccc2C(=O)N1Cc1ccccc1. The summed E-state index contributed by atoms with van der Waals surface area (Å²) in [5.74, 6) is 0.834. The molecule has 0 saturated carbocycles. The van der Waals surface area contributed by atoms with E-state index in [2.05, 4.69) is 12.2 Å². The maximum absolute atomic E-state index is 13.4. The standard InChI is InChI=1S/C24H24N2O2/c1-2-16-28-22-15-9-7-13-20(22)23-25-21-14-8-6-12-19(21)24(27)26(23)17-18-10-4-3-5-11-18/h3-15,23,25H,2,16-17H2,1H3/t23-/m1/s1. The second-order valence-electron chi connectivity index (χ2n) is 6.90. The summed E-state index contributed by atoms with van der Waals surface area (Å²) in [6, 6.07) is 25.7. The van der Waals surface area contributed by atoms with E-state index in [-0.39, 0.29) is 12.1 Å². The molecule has 0 unspecified atom stereocenters. The first-order valence-corrected chi connectivity index (χ1v) is 9.70. The Labute approximate surface area is 165 Å². The fourth-order valence-electron chi connectivity index (χ4n) is 3.53. The number of nitrogens with zero attached hydrogens (tertiary/aromatic N) is 1. The third-order valence-corrected chi connectivity index (χ3v) is 4.89. The van der Waals surface area contributed by atoms with Crippen molar-refractivity contribution in [2.75, 3.05) is 11.9 Å². The first kappa shape index (κ1) is 18.1. The molecule has 4 nitrogen and oxygen atoms in total. The number of carbonyl (C=O) groups excluding carboxylic acids is 1. The molecule has 0 aliphatic carbocycles. The number of amides is 1. The smallest absolute Gasteiger partial charge is 0.258 e. The second-order valence-corrected chi connectivity index (χ2v) is 6.90. The highest BCUT2D eigenvalue weighted by Gasteiger charge is 2.34. The van der Waals surface area contributed by atoms with E-state index >= 15 is 0 Å². The van der Waals surface area contributed by atoms with Gasteiger partial charge in [-0.15, -0.1) is 0 Å². The predicted molar refractivity (Wildman–Crippen MR) is 111 cm³/mol. The number of ether oxygens (including phenoxy) is 1. The molecule has 0 radical (unpaired) electrons. The Morgan fingerprint density at radius 2 is 1.64 bits per heavy atom. The van der Waals surface area contributed by atoms with Crippen LogP contribution in [0.15, 0.2) is 78.9 Å². The summed E-state index contributed by atoms with van der Waals surface area (Å²) < 4.78 is 5.98. The zero-order valence-electron chi connectivity index (χ0n) is 16.0. The van der Waals surface area contributed by atoms with Crippen LogP contribution in [-0.2, 0) is 6.54 Å². The lowest BCUT2D eigenvalue weighted by Gasteiger charge is -2.38. The van der Waals surface area contributed by atoms with Crippen molar-refractivity contribution in [2.24, 2.45) is 0 Å². The van der Waals surface area contributed by atoms with Crippen LogP contribution >= 0.6 is 0 Å². The molecule has 4 heteroatoms. The molecule has 4 rings (SSSR count). The van der Waals surface area contributed by atoms with Crippen LogP contribution in [0, 0.1) is 0 Å². The summed E-state index contributed by atoms with van der Waals surface area (Å²) in [6.45, 7) is 3.25. The molecule has 0 bridgehead atoms. The molecule has 142 valence electrons. The summed E-state index contributed by atoms with van der Waals surface area (Å²) >= 11 is 0. The molecule has 1 N–H and O–H groups in total. The number of para-hydroxylation sites is 2. The van der Waals surface area contributed by atoms with E-state index in [4.69, 9.17) is 4.74 Å². The van der Waals surface area contributed by atoms with E-state index < -0.39 is 0 Å². The zero-order chi connectivity index (χ0) is 19.3. The van der Waals surface area contributed by atoms with Gasteiger partial charge in [-0.1, -0.05) is 67.6 Å². The Kier molecular flexibility index (Phi) is 5.29. The number of nitrogens with one attached hydrogen (secondary N) is 1. The summed E-state index contributed by atoms with van der Waals surface area (Å²) in [5.41, 5.74) is 3.61. The van der Waals surface area contributed by atoms with E-state index in [1.165, 1.54) is 0 Å². The van der Waals surface area contributed by atoms with Crippen molar-refractivity contribution in [1.82, 2.24) is 4.90 Å². The van der Waals surface area contributed by atoms with Crippen molar-refractivity contribution in [3.63, 3.8) is 0 Å². The van der Waals surface area contributed by atoms with Crippen molar-refractivity contribution >= 4 is 11.6 Å². The minimum atomic E-state index is -0.296. The molecular formula is C24H24N2O2. The van der Waals surface area contributed by atoms with E-state index in [1.807, 2.05) is 83.8 Å². The second kappa shape index (κ2) is 8.17. The van der Waals surface area contributed by atoms with Gasteiger partial charge in [-0.25, -0.2) is 0 Å². The summed E-state index contributed by atoms with van der Waals surface area (Å²) in [6.07, 6.45) is 0.637. The van der Waals surface area contributed by atoms with Crippen LogP contribution in [0.5, 0.6) is 5.75 Å². The Bertz CT molecular complexity index is 956. The Morgan fingerprint density at radius 3 is 2.46 bits per heavy atom. The van der Waals surface area contributed by atoms with E-state index in [9.17, 15) is 4.79 Å². The van der Waals surface area contributed by atoms with Crippen LogP contribution in [-0.4, -0.2) is 17.4 Å². The summed E-state index contributed by atoms with van der Waals surface area (Å²) in [5, 5.41) is 3.56. The van der Waals surface area contributed by atoms with Crippen molar-refractivity contribution in [2.45, 2.75) is 26.1 Å². The molecule has 28 heavy (non-hydrogen) atoms. The molecule has 1 amide bonds. The highest BCUT2D eigenvalue weighted by molar-refractivity contribution is 6.01. The zero-order valence-corrected chi connectivity index (χ0v) is 16.0. The normalized spacial score (nSPS) is 15.7. The van der Waals surface area contributed by atoms with Crippen molar-refractivity contribution in [3.8, 4) is 5.75 Å². The van der Waals surface area contributed by atoms with Gasteiger partial charge in [0.25, 0.3) is 5.91 Å². The number of rotatable bonds is 6. The van der Waals surface area contributed by atoms with Crippen LogP contribution in [0.2, 0.25) is 0 Å². The first-order chi connectivity index (χ1) is 13.8. The number of benzene rings is 3. The van der Waals surface area contributed by atoms with Crippen LogP contribution in [0.25, 0.3) is 0 Å². The highest BCUT2D eigenvalue weighted by Crippen LogP contribution is 2.37. The largest absolute Gasteiger partial charge is 0.493 e. The highest BCUT2D eigenvalue weighted by atomic mass is 16.5. The molecule has 0 aromatic heterocycles. The maximum Gasteiger partial charge on any atom is 0.258 e. The average molecular weight is 372 g/mol. The Hall–Kier alpha value is -3.27. The van der Waals surface area contributed by atoms with Crippen LogP contribution in [0.1, 0.15) is 41.0 Å². The fourth-order valence-corrected chi connectivity index (χ4v) is 3.53. The predicted octanol–water partition coefficient (Wildman–Crippen LogP) is 5.24. The minimum Gasteiger partial charge on any atom is -0.493 e. The van der Waals surface area contributed by atoms with Gasteiger partial charge in [0, 0.05) is 17.8 Å². The quantitative estimate of drug-likeness (QED) is 0.643. The third kappa shape index (κ3) is 3.58. The van der Waals surface area contributed by atoms with Crippen LogP contribution in [0.3, 0.4) is 0 Å². The monoisotopic (exact) mass is 372 g/mol. The maximum atomic E-state index is 13.4. The summed E-state index contributed by atoms with van der Waals surface area (Å²) in [4.78, 5) is 15.3. The Balaban J connectivity index is 1.76. The number of anilines is 1. The van der Waals surface area contributed by atoms with Gasteiger partial charge in [-0.2, -0.15) is 0 Å². The van der Waals surface area contributed by atoms with Crippen LogP contribution < -0.4 is 10.1 Å². The summed E-state index contributed by atoms with van der Waals surface area (Å²) in [7, 11) is 0. The van der Waals surface area contributed by atoms with Crippen molar-refractivity contribution in [3.05, 3.63) is 95.6 Å². The molecule has 1 aliphatic rings. The van der Waals surface area contributed by atoms with Crippen LogP contribution in [0.4, 0.5) is 5.69 Å². The molecule has 1 heterocycles. The number of hydrogen-bond donors (Lipinski definition) is 1. The lowest BCUT2D eigenvalue weighted by molar-refractivity contribution is 0.0664. The Morgan fingerprint density at radius 1 is 0.929 bits per heavy atom. The van der Waals surface area contributed by atoms with Gasteiger partial charge in [0.2, 0.25) is 0 Å². The van der Waals surface area contributed by atoms with E-state index in [0.717, 1.165) is 29.0 Å². The van der Waals surface area contributed by atoms with Gasteiger partial charge in [-0.05, 0) is 30.2 Å². The molecule has 0 saturated heterocycles. The number of hydrogen-bond acceptors (Lipinski definition) is 3. The minimum absolute atomic E-state index is 0.0218. The topological polar surface area (TPSA) is 41.6 Å². The number of carbonyl (C=O) groups is 1. The van der Waals surface area contributed by atoms with Gasteiger partial charge in [0.05, 0.1) is 12.2 Å². The molecule has 1 atom stereocenters. The first-order valence-electron chi connectivity index (χ1n) is 9.70. The molecule has 3 aromatic rings. The molecule has 0 spiro atoms. The molecule has 0 fully saturated rings. The van der Waals surface area contributed by atoms with Gasteiger partial charge < -0.3 is 15.0 Å². The third-order valence-electron chi connectivity index (χ3n) is 4.89. The van der Waals surface area contributed by atoms with E-state index in [1.54, 1.807) is 0 Å². The molecule has 1 aliphatic heterocycles. The lowest BCUT2D eigenvalue weighted by Crippen LogP contribution is -2.42. The van der Waals surface area contributed by atoms with Gasteiger partial charge >= 0.3 is 0 Å². The van der Waals surface area contributed by atoms with Gasteiger partial charge in [0.1, 0.15) is 11.9 Å². The van der Waals surface area contributed by atoms with Crippen molar-refractivity contribution < 1.29 is 9.53 Å². The lowest BCUT2D eigenvalue weighted by atomic mass is 10.0.